The van der Waals surface area contributed by atoms with Gasteiger partial charge in [-0.15, -0.1) is 0 Å². The molecule has 3 aliphatic rings. The molecule has 0 saturated carbocycles. The number of allylic oxidation sites excluding steroid dienone is 1. The SMILES string of the molecule is COc1cc(N2CC3(CCCN3C)C2)c([N+](=O)[O-])cc1NC1N=C(c2cn(C)c3cccnc23)C=CN1. The number of hydrogen-bond donors (Lipinski definition) is 2. The number of benzene rings is 1. The van der Waals surface area contributed by atoms with E-state index in [1.807, 2.05) is 42.2 Å². The molecular formula is C26H30N8O3. The van der Waals surface area contributed by atoms with Gasteiger partial charge in [0.25, 0.3) is 5.69 Å². The minimum atomic E-state index is -0.544. The van der Waals surface area contributed by atoms with Gasteiger partial charge in [-0.3, -0.25) is 20.0 Å². The van der Waals surface area contributed by atoms with Crippen molar-refractivity contribution in [3.8, 4) is 5.75 Å². The third-order valence-corrected chi connectivity index (χ3v) is 7.83. The van der Waals surface area contributed by atoms with E-state index in [0.29, 0.717) is 17.1 Å². The second kappa shape index (κ2) is 8.77. The maximum absolute atomic E-state index is 12.1. The van der Waals surface area contributed by atoms with Gasteiger partial charge < -0.3 is 24.8 Å². The number of rotatable bonds is 6. The first-order valence-corrected chi connectivity index (χ1v) is 12.4. The van der Waals surface area contributed by atoms with Gasteiger partial charge in [0.2, 0.25) is 0 Å². The molecule has 2 saturated heterocycles. The zero-order valence-corrected chi connectivity index (χ0v) is 21.1. The Balaban J connectivity index is 1.29. The van der Waals surface area contributed by atoms with Crippen LogP contribution in [0.3, 0.4) is 0 Å². The number of likely N-dealkylation sites (tertiary alicyclic amines) is 1. The quantitative estimate of drug-likeness (QED) is 0.391. The topological polar surface area (TPSA) is 113 Å². The van der Waals surface area contributed by atoms with Crippen LogP contribution in [-0.4, -0.2) is 70.7 Å². The van der Waals surface area contributed by atoms with Crippen LogP contribution in [0.25, 0.3) is 11.0 Å². The Bertz CT molecular complexity index is 1440. The molecule has 1 unspecified atom stereocenters. The average Bonchev–Trinajstić information content (AvgIpc) is 3.43. The fraction of sp³-hybridized carbons (Fsp3) is 0.385. The Kier molecular flexibility index (Phi) is 5.52. The molecule has 1 spiro atoms. The maximum Gasteiger partial charge on any atom is 0.294 e. The first-order chi connectivity index (χ1) is 17.9. The van der Waals surface area contributed by atoms with Crippen molar-refractivity contribution >= 4 is 33.8 Å². The second-order valence-electron chi connectivity index (χ2n) is 9.99. The van der Waals surface area contributed by atoms with Crippen LogP contribution in [0.15, 0.2) is 53.9 Å². The molecule has 11 heteroatoms. The number of ether oxygens (including phenoxy) is 1. The van der Waals surface area contributed by atoms with Gasteiger partial charge in [0, 0.05) is 56.4 Å². The van der Waals surface area contributed by atoms with Crippen molar-refractivity contribution in [2.75, 3.05) is 44.0 Å². The highest BCUT2D eigenvalue weighted by Crippen LogP contribution is 2.45. The molecule has 2 fully saturated rings. The van der Waals surface area contributed by atoms with Crippen LogP contribution < -0.4 is 20.3 Å². The van der Waals surface area contributed by atoms with Crippen LogP contribution in [0.1, 0.15) is 18.4 Å². The molecule has 2 aromatic heterocycles. The van der Waals surface area contributed by atoms with E-state index < -0.39 is 6.29 Å². The Hall–Kier alpha value is -4.12. The van der Waals surface area contributed by atoms with Gasteiger partial charge in [0.05, 0.1) is 40.0 Å². The van der Waals surface area contributed by atoms with Crippen molar-refractivity contribution in [2.24, 2.45) is 12.0 Å². The number of nitrogens with zero attached hydrogens (tertiary/aromatic N) is 6. The highest BCUT2D eigenvalue weighted by Gasteiger charge is 2.49. The van der Waals surface area contributed by atoms with E-state index in [9.17, 15) is 10.1 Å². The minimum Gasteiger partial charge on any atom is -0.495 e. The van der Waals surface area contributed by atoms with Crippen LogP contribution in [0.5, 0.6) is 5.75 Å². The molecule has 11 nitrogen and oxygen atoms in total. The number of anilines is 2. The van der Waals surface area contributed by atoms with Crippen molar-refractivity contribution in [3.63, 3.8) is 0 Å². The van der Waals surface area contributed by atoms with E-state index >= 15 is 0 Å². The lowest BCUT2D eigenvalue weighted by Gasteiger charge is -2.52. The van der Waals surface area contributed by atoms with E-state index in [4.69, 9.17) is 9.73 Å². The molecule has 0 aliphatic carbocycles. The summed E-state index contributed by atoms with van der Waals surface area (Å²) in [6.45, 7) is 2.63. The third kappa shape index (κ3) is 3.86. The number of aliphatic imine (C=N–C) groups is 1. The van der Waals surface area contributed by atoms with Crippen molar-refractivity contribution in [1.29, 1.82) is 0 Å². The molecule has 2 N–H and O–H groups in total. The summed E-state index contributed by atoms with van der Waals surface area (Å²) in [6.07, 6.45) is 9.22. The zero-order valence-electron chi connectivity index (χ0n) is 21.1. The van der Waals surface area contributed by atoms with Gasteiger partial charge in [-0.2, -0.15) is 0 Å². The summed E-state index contributed by atoms with van der Waals surface area (Å²) in [5.74, 6) is 0.529. The maximum atomic E-state index is 12.1. The summed E-state index contributed by atoms with van der Waals surface area (Å²) in [4.78, 5) is 25.6. The minimum absolute atomic E-state index is 0.0487. The lowest BCUT2D eigenvalue weighted by Crippen LogP contribution is -2.67. The fourth-order valence-corrected chi connectivity index (χ4v) is 5.77. The standard InChI is InChI=1S/C26H30N8O3/c1-31-14-17(24-20(31)6-4-9-27-24)18-7-10-28-25(29-18)30-19-12-22(34(35)36)21(13-23(19)37-3)33-15-26(16-33)8-5-11-32(26)2/h4,6-7,9-10,12-14,25,28,30H,5,8,11,15-16H2,1-3H3. The van der Waals surface area contributed by atoms with Gasteiger partial charge in [0.1, 0.15) is 11.4 Å². The lowest BCUT2D eigenvalue weighted by atomic mass is 9.86. The zero-order chi connectivity index (χ0) is 25.7. The largest absolute Gasteiger partial charge is 0.495 e. The molecule has 6 rings (SSSR count). The number of aromatic nitrogens is 2. The molecule has 192 valence electrons. The van der Waals surface area contributed by atoms with Gasteiger partial charge in [-0.1, -0.05) is 0 Å². The molecule has 1 atom stereocenters. The first kappa shape index (κ1) is 23.3. The normalized spacial score (nSPS) is 20.6. The van der Waals surface area contributed by atoms with Crippen molar-refractivity contribution < 1.29 is 9.66 Å². The van der Waals surface area contributed by atoms with Gasteiger partial charge >= 0.3 is 0 Å². The number of aryl methyl sites for hydroxylation is 1. The molecule has 3 aromatic rings. The molecule has 0 radical (unpaired) electrons. The average molecular weight is 503 g/mol. The van der Waals surface area contributed by atoms with Crippen molar-refractivity contribution in [1.82, 2.24) is 19.8 Å². The summed E-state index contributed by atoms with van der Waals surface area (Å²) in [7, 11) is 5.69. The fourth-order valence-electron chi connectivity index (χ4n) is 5.77. The third-order valence-electron chi connectivity index (χ3n) is 7.83. The van der Waals surface area contributed by atoms with Crippen LogP contribution in [-0.2, 0) is 7.05 Å². The molecule has 37 heavy (non-hydrogen) atoms. The molecule has 3 aliphatic heterocycles. The van der Waals surface area contributed by atoms with Crippen molar-refractivity contribution in [3.05, 3.63) is 64.6 Å². The number of pyridine rings is 1. The number of nitrogens with one attached hydrogen (secondary N) is 2. The summed E-state index contributed by atoms with van der Waals surface area (Å²) in [6, 6.07) is 7.24. The predicted molar refractivity (Wildman–Crippen MR) is 143 cm³/mol. The van der Waals surface area contributed by atoms with E-state index in [2.05, 4.69) is 32.5 Å². The Morgan fingerprint density at radius 1 is 1.30 bits per heavy atom. The number of nitro groups is 1. The molecule has 5 heterocycles. The van der Waals surface area contributed by atoms with Crippen LogP contribution in [0, 0.1) is 10.1 Å². The second-order valence-corrected chi connectivity index (χ2v) is 9.99. The molecule has 1 aromatic carbocycles. The van der Waals surface area contributed by atoms with Crippen molar-refractivity contribution in [2.45, 2.75) is 24.7 Å². The highest BCUT2D eigenvalue weighted by molar-refractivity contribution is 6.15. The molecular weight excluding hydrogens is 472 g/mol. The summed E-state index contributed by atoms with van der Waals surface area (Å²) in [5, 5.41) is 18.5. The van der Waals surface area contributed by atoms with Gasteiger partial charge in [-0.25, -0.2) is 4.99 Å². The monoisotopic (exact) mass is 502 g/mol. The summed E-state index contributed by atoms with van der Waals surface area (Å²) >= 11 is 0. The van der Waals surface area contributed by atoms with Crippen LogP contribution >= 0.6 is 0 Å². The predicted octanol–water partition coefficient (Wildman–Crippen LogP) is 3.08. The number of likely N-dealkylation sites (N-methyl/N-ethyl adjacent to an activating group) is 1. The van der Waals surface area contributed by atoms with E-state index in [0.717, 1.165) is 48.4 Å². The summed E-state index contributed by atoms with van der Waals surface area (Å²) < 4.78 is 7.68. The van der Waals surface area contributed by atoms with E-state index in [-0.39, 0.29) is 16.1 Å². The number of hydrogen-bond acceptors (Lipinski definition) is 9. The molecule has 0 amide bonds. The Morgan fingerprint density at radius 3 is 2.86 bits per heavy atom. The van der Waals surface area contributed by atoms with Gasteiger partial charge in [-0.05, 0) is 44.6 Å². The Labute approximate surface area is 214 Å². The summed E-state index contributed by atoms with van der Waals surface area (Å²) in [5.41, 5.74) is 4.81. The smallest absolute Gasteiger partial charge is 0.294 e. The van der Waals surface area contributed by atoms with Crippen LogP contribution in [0.2, 0.25) is 0 Å². The highest BCUT2D eigenvalue weighted by atomic mass is 16.6. The van der Waals surface area contributed by atoms with Gasteiger partial charge in [0.15, 0.2) is 6.29 Å². The van der Waals surface area contributed by atoms with Crippen LogP contribution in [0.4, 0.5) is 17.1 Å². The number of methoxy groups -OCH3 is 1. The number of nitro benzene ring substituents is 1. The van der Waals surface area contributed by atoms with E-state index in [1.54, 1.807) is 25.4 Å². The molecule has 0 bridgehead atoms. The lowest BCUT2D eigenvalue weighted by molar-refractivity contribution is -0.384. The van der Waals surface area contributed by atoms with E-state index in [1.165, 1.54) is 6.42 Å². The number of fused-ring (bicyclic) bond motifs is 1. The Morgan fingerprint density at radius 2 is 2.14 bits per heavy atom. The first-order valence-electron chi connectivity index (χ1n) is 12.4.